The number of nitrogens with zero attached hydrogens (tertiary/aromatic N) is 1. The molecule has 1 aromatic heterocycles. The molecule has 0 aliphatic heterocycles. The first-order valence-electron chi connectivity index (χ1n) is 6.54. The van der Waals surface area contributed by atoms with Crippen LogP contribution < -0.4 is 11.1 Å². The summed E-state index contributed by atoms with van der Waals surface area (Å²) in [5, 5.41) is 4.20. The molecule has 1 fully saturated rings. The summed E-state index contributed by atoms with van der Waals surface area (Å²) in [6.45, 7) is 0.635. The van der Waals surface area contributed by atoms with Gasteiger partial charge in [0.15, 0.2) is 5.96 Å². The molecule has 1 heterocycles. The summed E-state index contributed by atoms with van der Waals surface area (Å²) in [5.74, 6) is 0.296. The average Bonchev–Trinajstić information content (AvgIpc) is 3.10. The summed E-state index contributed by atoms with van der Waals surface area (Å²) >= 11 is 0. The largest absolute Gasteiger partial charge is 0.370 e. The predicted molar refractivity (Wildman–Crippen MR) is 74.6 cm³/mol. The molecule has 100 valence electrons. The van der Waals surface area contributed by atoms with E-state index in [4.69, 9.17) is 5.73 Å². The number of aromatic nitrogens is 1. The van der Waals surface area contributed by atoms with E-state index in [2.05, 4.69) is 15.3 Å². The molecule has 1 aliphatic rings. The number of guanidine groups is 1. The van der Waals surface area contributed by atoms with Crippen molar-refractivity contribution in [3.05, 3.63) is 35.8 Å². The third-order valence-electron chi connectivity index (χ3n) is 3.32. The number of rotatable bonds is 4. The Hall–Kier alpha value is -2.04. The van der Waals surface area contributed by atoms with Crippen LogP contribution in [0.1, 0.15) is 18.4 Å². The number of H-pyrrole nitrogens is 1. The SMILES string of the molecule is NC(=NCCc1c[nH]c2cc(F)ccc12)NC1CC1. The molecule has 3 rings (SSSR count). The monoisotopic (exact) mass is 260 g/mol. The second-order valence-electron chi connectivity index (χ2n) is 4.94. The van der Waals surface area contributed by atoms with Crippen LogP contribution in [0, 0.1) is 5.82 Å². The summed E-state index contributed by atoms with van der Waals surface area (Å²) < 4.78 is 13.1. The molecule has 1 saturated carbocycles. The Morgan fingerprint density at radius 3 is 3.11 bits per heavy atom. The van der Waals surface area contributed by atoms with Crippen molar-refractivity contribution in [2.75, 3.05) is 6.54 Å². The molecule has 0 radical (unpaired) electrons. The Kier molecular flexibility index (Phi) is 3.11. The van der Waals surface area contributed by atoms with Gasteiger partial charge in [-0.15, -0.1) is 0 Å². The minimum absolute atomic E-state index is 0.225. The van der Waals surface area contributed by atoms with Gasteiger partial charge in [-0.05, 0) is 43.0 Å². The predicted octanol–water partition coefficient (Wildman–Crippen LogP) is 1.92. The van der Waals surface area contributed by atoms with Crippen LogP contribution in [0.15, 0.2) is 29.4 Å². The maximum atomic E-state index is 13.1. The van der Waals surface area contributed by atoms with E-state index in [1.807, 2.05) is 6.20 Å². The van der Waals surface area contributed by atoms with Gasteiger partial charge < -0.3 is 16.0 Å². The maximum Gasteiger partial charge on any atom is 0.188 e. The zero-order valence-electron chi connectivity index (χ0n) is 10.6. The van der Waals surface area contributed by atoms with E-state index >= 15 is 0 Å². The first-order chi connectivity index (χ1) is 9.22. The van der Waals surface area contributed by atoms with E-state index in [9.17, 15) is 4.39 Å². The topological polar surface area (TPSA) is 66.2 Å². The second kappa shape index (κ2) is 4.91. The fraction of sp³-hybridized carbons (Fsp3) is 0.357. The van der Waals surface area contributed by atoms with Gasteiger partial charge in [-0.25, -0.2) is 4.39 Å². The number of hydrogen-bond acceptors (Lipinski definition) is 1. The lowest BCUT2D eigenvalue weighted by Gasteiger charge is -2.02. The van der Waals surface area contributed by atoms with Crippen molar-refractivity contribution >= 4 is 16.9 Å². The van der Waals surface area contributed by atoms with Gasteiger partial charge in [0, 0.05) is 29.7 Å². The highest BCUT2D eigenvalue weighted by atomic mass is 19.1. The Labute approximate surface area is 110 Å². The minimum atomic E-state index is -0.225. The van der Waals surface area contributed by atoms with Crippen LogP contribution in [0.25, 0.3) is 10.9 Å². The van der Waals surface area contributed by atoms with Crippen LogP contribution in [0.4, 0.5) is 4.39 Å². The molecule has 2 aromatic rings. The van der Waals surface area contributed by atoms with Crippen molar-refractivity contribution in [1.29, 1.82) is 0 Å². The first-order valence-corrected chi connectivity index (χ1v) is 6.54. The normalized spacial score (nSPS) is 15.9. The number of nitrogens with one attached hydrogen (secondary N) is 2. The zero-order valence-corrected chi connectivity index (χ0v) is 10.6. The van der Waals surface area contributed by atoms with Gasteiger partial charge >= 0.3 is 0 Å². The highest BCUT2D eigenvalue weighted by Crippen LogP contribution is 2.20. The van der Waals surface area contributed by atoms with Gasteiger partial charge in [0.25, 0.3) is 0 Å². The number of hydrogen-bond donors (Lipinski definition) is 3. The molecule has 0 saturated heterocycles. The maximum absolute atomic E-state index is 13.1. The number of fused-ring (bicyclic) bond motifs is 1. The molecule has 0 spiro atoms. The molecule has 0 bridgehead atoms. The molecule has 5 heteroatoms. The zero-order chi connectivity index (χ0) is 13.2. The number of aliphatic imine (C=N–C) groups is 1. The number of benzene rings is 1. The second-order valence-corrected chi connectivity index (χ2v) is 4.94. The lowest BCUT2D eigenvalue weighted by molar-refractivity contribution is 0.629. The van der Waals surface area contributed by atoms with Gasteiger partial charge in [-0.1, -0.05) is 0 Å². The van der Waals surface area contributed by atoms with Crippen molar-refractivity contribution in [3.8, 4) is 0 Å². The number of aromatic amines is 1. The molecule has 1 aliphatic carbocycles. The third-order valence-corrected chi connectivity index (χ3v) is 3.32. The van der Waals surface area contributed by atoms with E-state index in [0.29, 0.717) is 18.5 Å². The lowest BCUT2D eigenvalue weighted by atomic mass is 10.1. The Balaban J connectivity index is 1.64. The third kappa shape index (κ3) is 2.86. The summed E-state index contributed by atoms with van der Waals surface area (Å²) in [7, 11) is 0. The summed E-state index contributed by atoms with van der Waals surface area (Å²) in [6, 6.07) is 5.31. The van der Waals surface area contributed by atoms with Crippen molar-refractivity contribution in [2.45, 2.75) is 25.3 Å². The van der Waals surface area contributed by atoms with Crippen LogP contribution in [0.2, 0.25) is 0 Å². The number of halogens is 1. The van der Waals surface area contributed by atoms with Crippen LogP contribution >= 0.6 is 0 Å². The van der Waals surface area contributed by atoms with E-state index in [-0.39, 0.29) is 5.82 Å². The lowest BCUT2D eigenvalue weighted by Crippen LogP contribution is -2.33. The Bertz CT molecular complexity index is 613. The van der Waals surface area contributed by atoms with E-state index in [0.717, 1.165) is 22.9 Å². The van der Waals surface area contributed by atoms with Gasteiger partial charge in [0.2, 0.25) is 0 Å². The van der Waals surface area contributed by atoms with Crippen molar-refractivity contribution in [2.24, 2.45) is 10.7 Å². The highest BCUT2D eigenvalue weighted by Gasteiger charge is 2.21. The highest BCUT2D eigenvalue weighted by molar-refractivity contribution is 5.83. The van der Waals surface area contributed by atoms with E-state index in [1.165, 1.54) is 25.0 Å². The fourth-order valence-corrected chi connectivity index (χ4v) is 2.14. The molecule has 19 heavy (non-hydrogen) atoms. The number of nitrogens with two attached hydrogens (primary N) is 1. The fourth-order valence-electron chi connectivity index (χ4n) is 2.14. The first kappa shape index (κ1) is 12.0. The van der Waals surface area contributed by atoms with Crippen molar-refractivity contribution < 1.29 is 4.39 Å². The van der Waals surface area contributed by atoms with Crippen LogP contribution in [0.5, 0.6) is 0 Å². The summed E-state index contributed by atoms with van der Waals surface area (Å²) in [5.41, 5.74) is 7.73. The van der Waals surface area contributed by atoms with E-state index < -0.39 is 0 Å². The minimum Gasteiger partial charge on any atom is -0.370 e. The molecule has 0 atom stereocenters. The molecule has 4 N–H and O–H groups in total. The molecule has 1 aromatic carbocycles. The quantitative estimate of drug-likeness (QED) is 0.581. The van der Waals surface area contributed by atoms with Crippen LogP contribution in [-0.4, -0.2) is 23.5 Å². The van der Waals surface area contributed by atoms with Crippen molar-refractivity contribution in [3.63, 3.8) is 0 Å². The smallest absolute Gasteiger partial charge is 0.188 e. The van der Waals surface area contributed by atoms with E-state index in [1.54, 1.807) is 6.07 Å². The van der Waals surface area contributed by atoms with Gasteiger partial charge in [0.05, 0.1) is 0 Å². The molecular formula is C14H17FN4. The van der Waals surface area contributed by atoms with Crippen LogP contribution in [0.3, 0.4) is 0 Å². The Morgan fingerprint density at radius 1 is 1.47 bits per heavy atom. The average molecular weight is 260 g/mol. The van der Waals surface area contributed by atoms with Gasteiger partial charge in [-0.3, -0.25) is 4.99 Å². The van der Waals surface area contributed by atoms with Crippen LogP contribution in [-0.2, 0) is 6.42 Å². The standard InChI is InChI=1S/C14H17FN4/c15-10-1-4-12-9(8-18-13(12)7-10)5-6-17-14(16)19-11-2-3-11/h1,4,7-8,11,18H,2-3,5-6H2,(H3,16,17,19). The summed E-state index contributed by atoms with van der Waals surface area (Å²) in [6.07, 6.45) is 5.07. The Morgan fingerprint density at radius 2 is 2.32 bits per heavy atom. The molecule has 0 amide bonds. The summed E-state index contributed by atoms with van der Waals surface area (Å²) in [4.78, 5) is 7.37. The molecule has 4 nitrogen and oxygen atoms in total. The van der Waals surface area contributed by atoms with Gasteiger partial charge in [-0.2, -0.15) is 0 Å². The van der Waals surface area contributed by atoms with Crippen molar-refractivity contribution in [1.82, 2.24) is 10.3 Å². The van der Waals surface area contributed by atoms with Gasteiger partial charge in [0.1, 0.15) is 5.82 Å². The molecule has 0 unspecified atom stereocenters. The molecular weight excluding hydrogens is 243 g/mol.